The Balaban J connectivity index is 1.43. The minimum absolute atomic E-state index is 0.171. The molecular formula is C42H18F6N6. The average molecular weight is 721 g/mol. The lowest BCUT2D eigenvalue weighted by atomic mass is 9.98. The maximum absolute atomic E-state index is 14.8. The highest BCUT2D eigenvalue weighted by molar-refractivity contribution is 6.11. The number of benzene rings is 6. The number of halogens is 6. The summed E-state index contributed by atoms with van der Waals surface area (Å²) >= 11 is 0. The molecule has 0 atom stereocenters. The van der Waals surface area contributed by atoms with Crippen LogP contribution in [0.2, 0.25) is 0 Å². The number of aromatic nitrogens is 2. The van der Waals surface area contributed by atoms with Gasteiger partial charge in [0.15, 0.2) is 0 Å². The first kappa shape index (κ1) is 33.6. The molecule has 8 aromatic rings. The van der Waals surface area contributed by atoms with Crippen LogP contribution in [-0.2, 0) is 12.4 Å². The summed E-state index contributed by atoms with van der Waals surface area (Å²) in [6.07, 6.45) is -9.70. The zero-order valence-corrected chi connectivity index (χ0v) is 27.3. The van der Waals surface area contributed by atoms with Crippen LogP contribution in [0, 0.1) is 45.3 Å². The van der Waals surface area contributed by atoms with Crippen LogP contribution < -0.4 is 0 Å². The van der Waals surface area contributed by atoms with E-state index in [2.05, 4.69) is 0 Å². The van der Waals surface area contributed by atoms with Crippen molar-refractivity contribution in [2.75, 3.05) is 0 Å². The predicted molar refractivity (Wildman–Crippen MR) is 189 cm³/mol. The Bertz CT molecular complexity index is 2730. The fourth-order valence-corrected chi connectivity index (χ4v) is 7.12. The zero-order valence-electron chi connectivity index (χ0n) is 27.3. The summed E-state index contributed by atoms with van der Waals surface area (Å²) in [5, 5.41) is 40.0. The lowest BCUT2D eigenvalue weighted by Crippen LogP contribution is -2.12. The number of fused-ring (bicyclic) bond motifs is 6. The number of nitriles is 4. The molecule has 54 heavy (non-hydrogen) atoms. The van der Waals surface area contributed by atoms with Crippen LogP contribution in [0.1, 0.15) is 33.4 Å². The summed E-state index contributed by atoms with van der Waals surface area (Å²) in [5.41, 5.74) is -0.0649. The Morgan fingerprint density at radius 2 is 0.648 bits per heavy atom. The Morgan fingerprint density at radius 1 is 0.370 bits per heavy atom. The summed E-state index contributed by atoms with van der Waals surface area (Å²) in [5.74, 6) is 0. The van der Waals surface area contributed by atoms with E-state index in [0.29, 0.717) is 43.6 Å². The molecule has 0 unspecified atom stereocenters. The highest BCUT2D eigenvalue weighted by Crippen LogP contribution is 2.44. The van der Waals surface area contributed by atoms with E-state index in [-0.39, 0.29) is 44.8 Å². The van der Waals surface area contributed by atoms with Crippen molar-refractivity contribution in [3.63, 3.8) is 0 Å². The van der Waals surface area contributed by atoms with Crippen molar-refractivity contribution >= 4 is 43.6 Å². The molecule has 0 saturated carbocycles. The molecule has 0 aliphatic heterocycles. The molecule has 6 nitrogen and oxygen atoms in total. The lowest BCUT2D eigenvalue weighted by molar-refractivity contribution is -0.138. The molecule has 0 fully saturated rings. The Hall–Kier alpha value is -7.54. The normalized spacial score (nSPS) is 11.8. The molecular weight excluding hydrogens is 702 g/mol. The largest absolute Gasteiger partial charge is 0.418 e. The van der Waals surface area contributed by atoms with Crippen LogP contribution in [0.4, 0.5) is 26.3 Å². The Kier molecular flexibility index (Phi) is 7.48. The van der Waals surface area contributed by atoms with Gasteiger partial charge in [-0.1, -0.05) is 12.1 Å². The van der Waals surface area contributed by atoms with E-state index in [4.69, 9.17) is 0 Å². The number of hydrogen-bond donors (Lipinski definition) is 0. The van der Waals surface area contributed by atoms with Gasteiger partial charge >= 0.3 is 12.4 Å². The van der Waals surface area contributed by atoms with Crippen LogP contribution in [0.3, 0.4) is 0 Å². The van der Waals surface area contributed by atoms with Crippen molar-refractivity contribution in [3.05, 3.63) is 143 Å². The highest BCUT2D eigenvalue weighted by atomic mass is 19.4. The molecule has 0 spiro atoms. The number of alkyl halides is 6. The van der Waals surface area contributed by atoms with Gasteiger partial charge < -0.3 is 9.13 Å². The predicted octanol–water partition coefficient (Wildman–Crippen LogP) is 11.1. The van der Waals surface area contributed by atoms with E-state index < -0.39 is 23.5 Å². The molecule has 0 N–H and O–H groups in total. The fourth-order valence-electron chi connectivity index (χ4n) is 7.12. The van der Waals surface area contributed by atoms with E-state index in [1.165, 1.54) is 106 Å². The van der Waals surface area contributed by atoms with Crippen molar-refractivity contribution in [3.8, 4) is 46.8 Å². The molecule has 12 heteroatoms. The molecule has 6 aromatic carbocycles. The highest BCUT2D eigenvalue weighted by Gasteiger charge is 2.37. The van der Waals surface area contributed by atoms with Crippen LogP contribution >= 0.6 is 0 Å². The maximum Gasteiger partial charge on any atom is 0.418 e. The Morgan fingerprint density at radius 3 is 0.889 bits per heavy atom. The van der Waals surface area contributed by atoms with Crippen molar-refractivity contribution in [1.29, 1.82) is 21.0 Å². The van der Waals surface area contributed by atoms with Gasteiger partial charge in [0.1, 0.15) is 0 Å². The van der Waals surface area contributed by atoms with Gasteiger partial charge in [0.25, 0.3) is 0 Å². The van der Waals surface area contributed by atoms with Gasteiger partial charge in [-0.05, 0) is 108 Å². The fraction of sp³-hybridized carbons (Fsp3) is 0.0476. The molecule has 0 aliphatic rings. The van der Waals surface area contributed by atoms with E-state index in [1.54, 1.807) is 0 Å². The maximum atomic E-state index is 14.8. The van der Waals surface area contributed by atoms with Gasteiger partial charge in [0.05, 0.1) is 91.1 Å². The van der Waals surface area contributed by atoms with E-state index >= 15 is 0 Å². The second kappa shape index (κ2) is 12.0. The van der Waals surface area contributed by atoms with Crippen molar-refractivity contribution in [1.82, 2.24) is 9.13 Å². The van der Waals surface area contributed by atoms with Gasteiger partial charge in [0, 0.05) is 21.5 Å². The van der Waals surface area contributed by atoms with Crippen LogP contribution in [-0.4, -0.2) is 9.13 Å². The van der Waals surface area contributed by atoms with Gasteiger partial charge in [-0.25, -0.2) is 0 Å². The number of nitrogens with zero attached hydrogens (tertiary/aromatic N) is 6. The summed E-state index contributed by atoms with van der Waals surface area (Å²) in [6.45, 7) is 0. The number of hydrogen-bond acceptors (Lipinski definition) is 4. The first-order valence-corrected chi connectivity index (χ1v) is 16.0. The third-order valence-corrected chi connectivity index (χ3v) is 9.47. The minimum Gasteiger partial charge on any atom is -0.309 e. The molecule has 0 amide bonds. The van der Waals surface area contributed by atoms with Gasteiger partial charge in [0.2, 0.25) is 0 Å². The lowest BCUT2D eigenvalue weighted by Gasteiger charge is -2.20. The molecule has 0 saturated heterocycles. The first-order chi connectivity index (χ1) is 25.8. The third kappa shape index (κ3) is 5.25. The molecule has 0 bridgehead atoms. The van der Waals surface area contributed by atoms with Crippen LogP contribution in [0.25, 0.3) is 66.1 Å². The summed E-state index contributed by atoms with van der Waals surface area (Å²) in [7, 11) is 0. The minimum atomic E-state index is -4.85. The van der Waals surface area contributed by atoms with Crippen molar-refractivity contribution < 1.29 is 26.3 Å². The van der Waals surface area contributed by atoms with Crippen molar-refractivity contribution in [2.45, 2.75) is 12.4 Å². The third-order valence-electron chi connectivity index (χ3n) is 9.47. The van der Waals surface area contributed by atoms with E-state index in [0.717, 1.165) is 12.1 Å². The Labute approximate surface area is 301 Å². The smallest absolute Gasteiger partial charge is 0.309 e. The SMILES string of the molecule is N#Cc1ccc2c(c1)c1cc(C#N)ccc1n2-c1cc(-c2ccc(C(F)(F)F)c(-n3c4ccc(C#N)cc4c4cc(C#N)ccc43)c2)ccc1C(F)(F)F. The van der Waals surface area contributed by atoms with E-state index in [1.807, 2.05) is 24.3 Å². The van der Waals surface area contributed by atoms with Crippen LogP contribution in [0.15, 0.2) is 109 Å². The molecule has 2 aromatic heterocycles. The summed E-state index contributed by atoms with van der Waals surface area (Å²) in [4.78, 5) is 0. The second-order valence-corrected chi connectivity index (χ2v) is 12.5. The van der Waals surface area contributed by atoms with Gasteiger partial charge in [-0.2, -0.15) is 47.4 Å². The average Bonchev–Trinajstić information content (AvgIpc) is 3.67. The molecule has 0 radical (unpaired) electrons. The quantitative estimate of drug-likeness (QED) is 0.169. The molecule has 258 valence electrons. The monoisotopic (exact) mass is 720 g/mol. The topological polar surface area (TPSA) is 105 Å². The molecule has 2 heterocycles. The molecule has 0 aliphatic carbocycles. The van der Waals surface area contributed by atoms with Crippen LogP contribution in [0.5, 0.6) is 0 Å². The number of rotatable bonds is 3. The molecule has 8 rings (SSSR count). The summed E-state index contributed by atoms with van der Waals surface area (Å²) < 4.78 is 91.4. The van der Waals surface area contributed by atoms with Gasteiger partial charge in [-0.15, -0.1) is 0 Å². The first-order valence-electron chi connectivity index (χ1n) is 16.0. The second-order valence-electron chi connectivity index (χ2n) is 12.5. The summed E-state index contributed by atoms with van der Waals surface area (Å²) in [6, 6.07) is 32.8. The van der Waals surface area contributed by atoms with E-state index in [9.17, 15) is 47.4 Å². The zero-order chi connectivity index (χ0) is 38.1. The van der Waals surface area contributed by atoms with Gasteiger partial charge in [-0.3, -0.25) is 0 Å². The van der Waals surface area contributed by atoms with Crippen molar-refractivity contribution in [2.24, 2.45) is 0 Å². The standard InChI is InChI=1S/C42H18F6N6/c43-41(44,45)33-7-5-27(17-39(33)53-35-9-1-23(19-49)13-29(35)30-14-24(20-50)2-10-36(30)53)28-6-8-34(42(46,47)48)40(18-28)54-37-11-3-25(21-51)15-31(37)32-16-26(22-52)4-12-38(32)54/h1-18H.